The van der Waals surface area contributed by atoms with Gasteiger partial charge in [-0.1, -0.05) is 11.6 Å². The molecular weight excluding hydrogens is 297 g/mol. The van der Waals surface area contributed by atoms with Crippen LogP contribution in [0.2, 0.25) is 5.15 Å². The highest BCUT2D eigenvalue weighted by Gasteiger charge is 2.35. The summed E-state index contributed by atoms with van der Waals surface area (Å²) in [7, 11) is 3.00. The standard InChI is InChI=1S/C10H10ClF3N6/c1-15-8-5(10(12,13)14)3-16-9(18-8)17-6-4-20(2)19-7(6)11/h3-4H,1-2H3,(H2,15,16,17,18). The monoisotopic (exact) mass is 306 g/mol. The number of anilines is 3. The maximum atomic E-state index is 12.7. The van der Waals surface area contributed by atoms with Crippen molar-refractivity contribution in [1.29, 1.82) is 0 Å². The summed E-state index contributed by atoms with van der Waals surface area (Å²) in [6, 6.07) is 0. The predicted molar refractivity (Wildman–Crippen MR) is 68.1 cm³/mol. The van der Waals surface area contributed by atoms with Crippen LogP contribution in [0, 0.1) is 0 Å². The van der Waals surface area contributed by atoms with Crippen molar-refractivity contribution in [3.8, 4) is 0 Å². The second-order valence-electron chi connectivity index (χ2n) is 3.84. The van der Waals surface area contributed by atoms with Gasteiger partial charge in [-0.05, 0) is 0 Å². The number of alkyl halides is 3. The van der Waals surface area contributed by atoms with Crippen LogP contribution in [0.25, 0.3) is 0 Å². The van der Waals surface area contributed by atoms with Crippen LogP contribution in [-0.4, -0.2) is 26.8 Å². The fourth-order valence-electron chi connectivity index (χ4n) is 1.51. The number of aromatic nitrogens is 4. The lowest BCUT2D eigenvalue weighted by molar-refractivity contribution is -0.137. The van der Waals surface area contributed by atoms with Gasteiger partial charge in [-0.3, -0.25) is 4.68 Å². The fourth-order valence-corrected chi connectivity index (χ4v) is 1.72. The molecule has 20 heavy (non-hydrogen) atoms. The molecule has 2 N–H and O–H groups in total. The number of aryl methyl sites for hydroxylation is 1. The van der Waals surface area contributed by atoms with Gasteiger partial charge in [0.15, 0.2) is 5.15 Å². The molecule has 6 nitrogen and oxygen atoms in total. The van der Waals surface area contributed by atoms with Crippen molar-refractivity contribution in [1.82, 2.24) is 19.7 Å². The van der Waals surface area contributed by atoms with Crippen molar-refractivity contribution < 1.29 is 13.2 Å². The van der Waals surface area contributed by atoms with Gasteiger partial charge in [0.1, 0.15) is 11.4 Å². The average molecular weight is 307 g/mol. The summed E-state index contributed by atoms with van der Waals surface area (Å²) in [6.07, 6.45) is -2.27. The summed E-state index contributed by atoms with van der Waals surface area (Å²) < 4.78 is 39.5. The van der Waals surface area contributed by atoms with Crippen LogP contribution in [0.4, 0.5) is 30.6 Å². The van der Waals surface area contributed by atoms with Crippen molar-refractivity contribution in [3.05, 3.63) is 23.1 Å². The van der Waals surface area contributed by atoms with E-state index in [0.29, 0.717) is 11.9 Å². The lowest BCUT2D eigenvalue weighted by Gasteiger charge is -2.12. The Morgan fingerprint density at radius 3 is 2.55 bits per heavy atom. The molecule has 2 heterocycles. The van der Waals surface area contributed by atoms with E-state index in [-0.39, 0.29) is 16.9 Å². The normalized spacial score (nSPS) is 11.5. The Morgan fingerprint density at radius 2 is 2.05 bits per heavy atom. The van der Waals surface area contributed by atoms with Crippen LogP contribution in [0.1, 0.15) is 5.56 Å². The third kappa shape index (κ3) is 2.93. The highest BCUT2D eigenvalue weighted by atomic mass is 35.5. The van der Waals surface area contributed by atoms with E-state index < -0.39 is 11.7 Å². The smallest absolute Gasteiger partial charge is 0.372 e. The molecule has 2 aromatic heterocycles. The van der Waals surface area contributed by atoms with E-state index in [0.717, 1.165) is 0 Å². The molecule has 0 radical (unpaired) electrons. The second-order valence-corrected chi connectivity index (χ2v) is 4.19. The molecule has 0 aliphatic heterocycles. The van der Waals surface area contributed by atoms with Crippen molar-refractivity contribution >= 4 is 29.1 Å². The van der Waals surface area contributed by atoms with E-state index in [9.17, 15) is 13.2 Å². The number of hydrogen-bond acceptors (Lipinski definition) is 5. The zero-order chi connectivity index (χ0) is 14.9. The van der Waals surface area contributed by atoms with Gasteiger partial charge >= 0.3 is 6.18 Å². The van der Waals surface area contributed by atoms with E-state index in [1.165, 1.54) is 11.7 Å². The van der Waals surface area contributed by atoms with E-state index in [4.69, 9.17) is 11.6 Å². The topological polar surface area (TPSA) is 67.7 Å². The summed E-state index contributed by atoms with van der Waals surface area (Å²) in [4.78, 5) is 7.38. The molecule has 0 saturated carbocycles. The van der Waals surface area contributed by atoms with E-state index in [2.05, 4.69) is 25.7 Å². The van der Waals surface area contributed by atoms with Crippen LogP contribution in [0.15, 0.2) is 12.4 Å². The van der Waals surface area contributed by atoms with Gasteiger partial charge in [0.25, 0.3) is 0 Å². The highest BCUT2D eigenvalue weighted by Crippen LogP contribution is 2.34. The second kappa shape index (κ2) is 5.16. The molecule has 0 bridgehead atoms. The van der Waals surface area contributed by atoms with Crippen LogP contribution in [-0.2, 0) is 13.2 Å². The van der Waals surface area contributed by atoms with Gasteiger partial charge in [-0.25, -0.2) is 4.98 Å². The molecule has 2 aromatic rings. The van der Waals surface area contributed by atoms with Gasteiger partial charge in [0.05, 0.1) is 5.69 Å². The van der Waals surface area contributed by atoms with Crippen molar-refractivity contribution in [2.24, 2.45) is 7.05 Å². The quantitative estimate of drug-likeness (QED) is 0.912. The molecule has 2 rings (SSSR count). The lowest BCUT2D eigenvalue weighted by atomic mass is 10.3. The Hall–Kier alpha value is -2.03. The van der Waals surface area contributed by atoms with E-state index in [1.807, 2.05) is 0 Å². The molecule has 10 heteroatoms. The van der Waals surface area contributed by atoms with Crippen LogP contribution in [0.5, 0.6) is 0 Å². The highest BCUT2D eigenvalue weighted by molar-refractivity contribution is 6.32. The van der Waals surface area contributed by atoms with Crippen molar-refractivity contribution in [2.45, 2.75) is 6.18 Å². The first-order chi connectivity index (χ1) is 9.31. The maximum Gasteiger partial charge on any atom is 0.421 e. The summed E-state index contributed by atoms with van der Waals surface area (Å²) in [5, 5.41) is 9.13. The Balaban J connectivity index is 2.33. The molecule has 0 amide bonds. The van der Waals surface area contributed by atoms with Gasteiger partial charge in [-0.2, -0.15) is 23.3 Å². The molecule has 0 spiro atoms. The minimum Gasteiger partial charge on any atom is -0.372 e. The van der Waals surface area contributed by atoms with E-state index in [1.54, 1.807) is 13.2 Å². The third-order valence-corrected chi connectivity index (χ3v) is 2.64. The Labute approximate surface area is 117 Å². The summed E-state index contributed by atoms with van der Waals surface area (Å²) in [6.45, 7) is 0. The number of nitrogens with zero attached hydrogens (tertiary/aromatic N) is 4. The van der Waals surface area contributed by atoms with Crippen LogP contribution < -0.4 is 10.6 Å². The summed E-state index contributed by atoms with van der Waals surface area (Å²) in [5.74, 6) is -0.340. The van der Waals surface area contributed by atoms with E-state index >= 15 is 0 Å². The summed E-state index contributed by atoms with van der Waals surface area (Å²) in [5.41, 5.74) is -0.543. The number of nitrogens with one attached hydrogen (secondary N) is 2. The van der Waals surface area contributed by atoms with Gasteiger partial charge in [-0.15, -0.1) is 0 Å². The molecule has 0 atom stereocenters. The molecule has 0 saturated heterocycles. The van der Waals surface area contributed by atoms with Crippen LogP contribution in [0.3, 0.4) is 0 Å². The summed E-state index contributed by atoms with van der Waals surface area (Å²) >= 11 is 5.83. The first-order valence-electron chi connectivity index (χ1n) is 5.39. The lowest BCUT2D eigenvalue weighted by Crippen LogP contribution is -2.12. The fraction of sp³-hybridized carbons (Fsp3) is 0.300. The number of rotatable bonds is 3. The van der Waals surface area contributed by atoms with Crippen molar-refractivity contribution in [2.75, 3.05) is 17.7 Å². The number of halogens is 4. The zero-order valence-corrected chi connectivity index (χ0v) is 11.2. The largest absolute Gasteiger partial charge is 0.421 e. The molecule has 0 fully saturated rings. The Bertz CT molecular complexity index is 624. The minimum atomic E-state index is -4.52. The molecule has 0 unspecified atom stereocenters. The minimum absolute atomic E-state index is 0.0164. The van der Waals surface area contributed by atoms with Crippen molar-refractivity contribution in [3.63, 3.8) is 0 Å². The molecule has 108 valence electrons. The van der Waals surface area contributed by atoms with Crippen LogP contribution >= 0.6 is 11.6 Å². The first kappa shape index (κ1) is 14.4. The SMILES string of the molecule is CNc1nc(Nc2cn(C)nc2Cl)ncc1C(F)(F)F. The first-order valence-corrected chi connectivity index (χ1v) is 5.77. The Morgan fingerprint density at radius 1 is 1.35 bits per heavy atom. The molecular formula is C10H10ClF3N6. The van der Waals surface area contributed by atoms with Gasteiger partial charge < -0.3 is 10.6 Å². The maximum absolute atomic E-state index is 12.7. The predicted octanol–water partition coefficient (Wildman–Crippen LogP) is 2.67. The Kier molecular flexibility index (Phi) is 3.71. The molecule has 0 aliphatic carbocycles. The third-order valence-electron chi connectivity index (χ3n) is 2.36. The van der Waals surface area contributed by atoms with Gasteiger partial charge in [0, 0.05) is 26.5 Å². The number of hydrogen-bond donors (Lipinski definition) is 2. The zero-order valence-electron chi connectivity index (χ0n) is 10.5. The molecule has 0 aliphatic rings. The molecule has 0 aromatic carbocycles. The average Bonchev–Trinajstić information content (AvgIpc) is 2.66. The van der Waals surface area contributed by atoms with Gasteiger partial charge in [0.2, 0.25) is 5.95 Å².